The van der Waals surface area contributed by atoms with Crippen LogP contribution in [0.15, 0.2) is 95.4 Å². The summed E-state index contributed by atoms with van der Waals surface area (Å²) in [5.41, 5.74) is 1.43. The molecule has 37 heavy (non-hydrogen) atoms. The Morgan fingerprint density at radius 1 is 1.05 bits per heavy atom. The number of pyridine rings is 1. The molecule has 5 aromatic rings. The smallest absolute Gasteiger partial charge is 0.260 e. The molecule has 0 aliphatic carbocycles. The molecule has 0 atom stereocenters. The van der Waals surface area contributed by atoms with Crippen molar-refractivity contribution in [3.63, 3.8) is 0 Å². The zero-order valence-corrected chi connectivity index (χ0v) is 19.3. The van der Waals surface area contributed by atoms with Gasteiger partial charge in [0.15, 0.2) is 17.4 Å². The number of azo groups is 1. The number of nitrogens with one attached hydrogen (secondary N) is 1. The molecule has 5 rings (SSSR count). The Balaban J connectivity index is 1.57. The van der Waals surface area contributed by atoms with Crippen molar-refractivity contribution in [1.82, 2.24) is 14.8 Å². The molecule has 0 fully saturated rings. The van der Waals surface area contributed by atoms with E-state index in [1.165, 1.54) is 10.9 Å². The SMILES string of the molecule is [C-]#[N+]c1cnn(-c2ccccn2)c1N=Nc1cc2ccccc2c(C(=O)Nc2ccc(CO)cc2)c1O. The molecule has 2 heterocycles. The quantitative estimate of drug-likeness (QED) is 0.204. The molecule has 180 valence electrons. The van der Waals surface area contributed by atoms with Crippen LogP contribution in [-0.2, 0) is 6.61 Å². The fraction of sp³-hybridized carbons (Fsp3) is 0.0370. The average molecular weight is 489 g/mol. The second kappa shape index (κ2) is 10.1. The van der Waals surface area contributed by atoms with E-state index in [1.807, 2.05) is 6.07 Å². The molecule has 0 saturated heterocycles. The van der Waals surface area contributed by atoms with Gasteiger partial charge in [-0.15, -0.1) is 10.2 Å². The molecule has 1 amide bonds. The number of hydrogen-bond acceptors (Lipinski definition) is 7. The highest BCUT2D eigenvalue weighted by atomic mass is 16.3. The fourth-order valence-electron chi connectivity index (χ4n) is 3.77. The maximum Gasteiger partial charge on any atom is 0.260 e. The third-order valence-corrected chi connectivity index (χ3v) is 5.59. The molecular formula is C27H19N7O3. The number of rotatable bonds is 6. The fourth-order valence-corrected chi connectivity index (χ4v) is 3.77. The molecule has 10 heteroatoms. The van der Waals surface area contributed by atoms with Gasteiger partial charge >= 0.3 is 0 Å². The molecule has 0 spiro atoms. The lowest BCUT2D eigenvalue weighted by molar-refractivity contribution is 0.102. The van der Waals surface area contributed by atoms with Crippen molar-refractivity contribution in [3.8, 4) is 11.6 Å². The van der Waals surface area contributed by atoms with Gasteiger partial charge in [0.1, 0.15) is 5.69 Å². The van der Waals surface area contributed by atoms with Crippen molar-refractivity contribution in [3.05, 3.63) is 108 Å². The molecule has 0 aliphatic rings. The number of anilines is 1. The van der Waals surface area contributed by atoms with Crippen LogP contribution in [0, 0.1) is 6.57 Å². The van der Waals surface area contributed by atoms with Crippen LogP contribution in [0.5, 0.6) is 5.75 Å². The Hall–Kier alpha value is -5.40. The molecule has 0 radical (unpaired) electrons. The van der Waals surface area contributed by atoms with Gasteiger partial charge in [-0.1, -0.05) is 42.5 Å². The van der Waals surface area contributed by atoms with Gasteiger partial charge in [-0.25, -0.2) is 14.5 Å². The van der Waals surface area contributed by atoms with Crippen LogP contribution in [0.4, 0.5) is 22.9 Å². The lowest BCUT2D eigenvalue weighted by Gasteiger charge is -2.12. The second-order valence-corrected chi connectivity index (χ2v) is 7.91. The summed E-state index contributed by atoms with van der Waals surface area (Å²) in [6, 6.07) is 20.7. The summed E-state index contributed by atoms with van der Waals surface area (Å²) < 4.78 is 1.37. The van der Waals surface area contributed by atoms with Crippen LogP contribution in [0.3, 0.4) is 0 Å². The Morgan fingerprint density at radius 3 is 2.57 bits per heavy atom. The van der Waals surface area contributed by atoms with E-state index in [0.29, 0.717) is 27.8 Å². The zero-order valence-electron chi connectivity index (χ0n) is 19.3. The predicted octanol–water partition coefficient (Wildman–Crippen LogP) is 5.84. The van der Waals surface area contributed by atoms with Gasteiger partial charge in [-0.3, -0.25) is 4.79 Å². The average Bonchev–Trinajstić information content (AvgIpc) is 3.35. The summed E-state index contributed by atoms with van der Waals surface area (Å²) in [4.78, 5) is 21.0. The largest absolute Gasteiger partial charge is 0.505 e. The molecular weight excluding hydrogens is 470 g/mol. The van der Waals surface area contributed by atoms with Gasteiger partial charge in [-0.2, -0.15) is 5.10 Å². The summed E-state index contributed by atoms with van der Waals surface area (Å²) in [7, 11) is 0. The van der Waals surface area contributed by atoms with Crippen molar-refractivity contribution in [2.75, 3.05) is 5.32 Å². The van der Waals surface area contributed by atoms with Crippen LogP contribution < -0.4 is 5.32 Å². The van der Waals surface area contributed by atoms with E-state index in [1.54, 1.807) is 72.9 Å². The van der Waals surface area contributed by atoms with E-state index < -0.39 is 5.91 Å². The number of aliphatic hydroxyl groups is 1. The second-order valence-electron chi connectivity index (χ2n) is 7.91. The molecule has 2 aromatic heterocycles. The van der Waals surface area contributed by atoms with Crippen molar-refractivity contribution >= 4 is 39.6 Å². The number of fused-ring (bicyclic) bond motifs is 1. The number of phenols is 1. The lowest BCUT2D eigenvalue weighted by Crippen LogP contribution is -2.12. The van der Waals surface area contributed by atoms with Gasteiger partial charge < -0.3 is 15.5 Å². The molecule has 10 nitrogen and oxygen atoms in total. The molecule has 3 N–H and O–H groups in total. The number of carbonyl (C=O) groups excluding carboxylic acids is 1. The molecule has 0 saturated carbocycles. The number of benzene rings is 3. The standard InChI is InChI=1S/C27H19N7O3/c1-28-22-15-30-34(23-8-4-5-13-29-23)26(22)33-32-21-14-18-6-2-3-7-20(18)24(25(21)36)27(37)31-19-11-9-17(16-35)10-12-19/h2-15,35-36H,16H2,(H,31,37). The highest BCUT2D eigenvalue weighted by Gasteiger charge is 2.20. The summed E-state index contributed by atoms with van der Waals surface area (Å²) in [6.45, 7) is 7.34. The Bertz CT molecular complexity index is 1670. The topological polar surface area (TPSA) is 129 Å². The van der Waals surface area contributed by atoms with Crippen LogP contribution in [0.2, 0.25) is 0 Å². The van der Waals surface area contributed by atoms with Gasteiger partial charge in [0.2, 0.25) is 0 Å². The number of phenolic OH excluding ortho intramolecular Hbond substituents is 1. The Morgan fingerprint density at radius 2 is 1.84 bits per heavy atom. The number of aromatic nitrogens is 3. The molecule has 3 aromatic carbocycles. The van der Waals surface area contributed by atoms with E-state index in [4.69, 9.17) is 6.57 Å². The van der Waals surface area contributed by atoms with Crippen molar-refractivity contribution < 1.29 is 15.0 Å². The first kappa shape index (κ1) is 23.3. The molecule has 0 aliphatic heterocycles. The highest BCUT2D eigenvalue weighted by Crippen LogP contribution is 2.39. The van der Waals surface area contributed by atoms with Crippen LogP contribution in [0.1, 0.15) is 15.9 Å². The maximum absolute atomic E-state index is 13.3. The number of aliphatic hydroxyl groups excluding tert-OH is 1. The van der Waals surface area contributed by atoms with Crippen LogP contribution >= 0.6 is 0 Å². The number of carbonyl (C=O) groups is 1. The number of nitrogens with zero attached hydrogens (tertiary/aromatic N) is 6. The first-order valence-corrected chi connectivity index (χ1v) is 11.1. The minimum absolute atomic E-state index is 0.0296. The lowest BCUT2D eigenvalue weighted by atomic mass is 10.0. The summed E-state index contributed by atoms with van der Waals surface area (Å²) in [5, 5.41) is 36.9. The van der Waals surface area contributed by atoms with E-state index in [0.717, 1.165) is 0 Å². The van der Waals surface area contributed by atoms with Crippen LogP contribution in [-0.4, -0.2) is 30.9 Å². The van der Waals surface area contributed by atoms with E-state index in [9.17, 15) is 15.0 Å². The van der Waals surface area contributed by atoms with E-state index in [2.05, 4.69) is 30.5 Å². The first-order valence-electron chi connectivity index (χ1n) is 11.1. The third kappa shape index (κ3) is 4.62. The third-order valence-electron chi connectivity index (χ3n) is 5.59. The maximum atomic E-state index is 13.3. The van der Waals surface area contributed by atoms with Gasteiger partial charge in [0, 0.05) is 11.9 Å². The summed E-state index contributed by atoms with van der Waals surface area (Å²) in [5.74, 6) is -0.319. The van der Waals surface area contributed by atoms with Gasteiger partial charge in [0.25, 0.3) is 11.6 Å². The van der Waals surface area contributed by atoms with Crippen molar-refractivity contribution in [1.29, 1.82) is 0 Å². The minimum Gasteiger partial charge on any atom is -0.505 e. The van der Waals surface area contributed by atoms with E-state index in [-0.39, 0.29) is 35.1 Å². The monoisotopic (exact) mass is 489 g/mol. The van der Waals surface area contributed by atoms with E-state index >= 15 is 0 Å². The molecule has 0 bridgehead atoms. The number of aromatic hydroxyl groups is 1. The van der Waals surface area contributed by atoms with Gasteiger partial charge in [0.05, 0.1) is 24.9 Å². The first-order chi connectivity index (χ1) is 18.1. The Kier molecular flexibility index (Phi) is 6.35. The minimum atomic E-state index is -0.539. The van der Waals surface area contributed by atoms with Gasteiger partial charge in [-0.05, 0) is 46.7 Å². The summed E-state index contributed by atoms with van der Waals surface area (Å²) >= 11 is 0. The predicted molar refractivity (Wildman–Crippen MR) is 138 cm³/mol. The normalized spacial score (nSPS) is 11.0. The van der Waals surface area contributed by atoms with Crippen LogP contribution in [0.25, 0.3) is 21.4 Å². The summed E-state index contributed by atoms with van der Waals surface area (Å²) in [6.07, 6.45) is 2.95. The zero-order chi connectivity index (χ0) is 25.8. The molecule has 0 unspecified atom stereocenters. The van der Waals surface area contributed by atoms with Crippen molar-refractivity contribution in [2.45, 2.75) is 6.61 Å². The number of amides is 1. The van der Waals surface area contributed by atoms with Crippen molar-refractivity contribution in [2.24, 2.45) is 10.2 Å². The highest BCUT2D eigenvalue weighted by molar-refractivity contribution is 6.16. The number of hydrogen-bond donors (Lipinski definition) is 3. The Labute approximate surface area is 211 Å².